The highest BCUT2D eigenvalue weighted by molar-refractivity contribution is 6.35. The van der Waals surface area contributed by atoms with Gasteiger partial charge in [0.25, 0.3) is 5.91 Å². The van der Waals surface area contributed by atoms with E-state index in [1.807, 2.05) is 19.1 Å². The molecular formula is C16H11Cl2NO2. The Kier molecular flexibility index (Phi) is 3.62. The maximum absolute atomic E-state index is 12.4. The summed E-state index contributed by atoms with van der Waals surface area (Å²) in [5, 5.41) is 4.51. The van der Waals surface area contributed by atoms with Gasteiger partial charge < -0.3 is 9.73 Å². The minimum Gasteiger partial charge on any atom is -0.449 e. The number of rotatable bonds is 2. The van der Waals surface area contributed by atoms with Crippen LogP contribution in [0.15, 0.2) is 46.9 Å². The Bertz CT molecular complexity index is 839. The van der Waals surface area contributed by atoms with E-state index in [1.54, 1.807) is 30.3 Å². The molecule has 0 atom stereocenters. The number of hydrogen-bond donors (Lipinski definition) is 1. The summed E-state index contributed by atoms with van der Waals surface area (Å²) in [6, 6.07) is 12.4. The third kappa shape index (κ3) is 2.50. The van der Waals surface area contributed by atoms with Crippen LogP contribution in [-0.4, -0.2) is 5.91 Å². The number of benzene rings is 2. The molecule has 1 heterocycles. The molecule has 0 fully saturated rings. The summed E-state index contributed by atoms with van der Waals surface area (Å²) >= 11 is 12.1. The molecule has 0 aliphatic heterocycles. The summed E-state index contributed by atoms with van der Waals surface area (Å²) < 4.78 is 5.62. The molecule has 3 aromatic rings. The van der Waals surface area contributed by atoms with E-state index < -0.39 is 0 Å². The van der Waals surface area contributed by atoms with E-state index >= 15 is 0 Å². The fourth-order valence-electron chi connectivity index (χ4n) is 2.17. The lowest BCUT2D eigenvalue weighted by atomic mass is 10.1. The molecule has 0 aliphatic carbocycles. The summed E-state index contributed by atoms with van der Waals surface area (Å²) in [6.45, 7) is 1.82. The fourth-order valence-corrected chi connectivity index (χ4v) is 2.56. The van der Waals surface area contributed by atoms with Gasteiger partial charge in [0.05, 0.1) is 15.7 Å². The summed E-state index contributed by atoms with van der Waals surface area (Å²) in [4.78, 5) is 12.4. The Morgan fingerprint density at radius 3 is 2.48 bits per heavy atom. The molecule has 0 radical (unpaired) electrons. The van der Waals surface area contributed by atoms with E-state index in [9.17, 15) is 4.79 Å². The van der Waals surface area contributed by atoms with E-state index in [0.29, 0.717) is 21.3 Å². The molecule has 0 spiro atoms. The molecule has 0 aliphatic rings. The Hall–Kier alpha value is -1.97. The second-order valence-electron chi connectivity index (χ2n) is 4.61. The highest BCUT2D eigenvalue weighted by Gasteiger charge is 2.19. The number of para-hydroxylation sites is 2. The first-order chi connectivity index (χ1) is 10.1. The predicted octanol–water partition coefficient (Wildman–Crippen LogP) is 5.30. The van der Waals surface area contributed by atoms with Crippen LogP contribution in [0.4, 0.5) is 5.69 Å². The minimum absolute atomic E-state index is 0.234. The molecule has 21 heavy (non-hydrogen) atoms. The number of amides is 1. The topological polar surface area (TPSA) is 42.2 Å². The third-order valence-electron chi connectivity index (χ3n) is 3.24. The molecule has 2 aromatic carbocycles. The Morgan fingerprint density at radius 1 is 1.05 bits per heavy atom. The molecule has 106 valence electrons. The largest absolute Gasteiger partial charge is 0.449 e. The van der Waals surface area contributed by atoms with Crippen LogP contribution in [0.3, 0.4) is 0 Å². The number of aryl methyl sites for hydroxylation is 1. The number of nitrogens with one attached hydrogen (secondary N) is 1. The van der Waals surface area contributed by atoms with E-state index in [4.69, 9.17) is 27.6 Å². The first kappa shape index (κ1) is 14.0. The second kappa shape index (κ2) is 5.43. The standard InChI is InChI=1S/C16H11Cl2NO2/c1-9-10-5-4-7-12(18)15(10)21-14(9)16(20)19-13-8-3-2-6-11(13)17/h2-8H,1H3,(H,19,20). The Labute approximate surface area is 131 Å². The SMILES string of the molecule is Cc1c(C(=O)Nc2ccccc2Cl)oc2c(Cl)cccc12. The molecule has 3 nitrogen and oxygen atoms in total. The first-order valence-electron chi connectivity index (χ1n) is 6.31. The summed E-state index contributed by atoms with van der Waals surface area (Å²) in [7, 11) is 0. The van der Waals surface area contributed by atoms with E-state index in [2.05, 4.69) is 5.32 Å². The lowest BCUT2D eigenvalue weighted by Gasteiger charge is -2.05. The van der Waals surface area contributed by atoms with Crippen LogP contribution in [0.25, 0.3) is 11.0 Å². The van der Waals surface area contributed by atoms with E-state index in [0.717, 1.165) is 10.9 Å². The van der Waals surface area contributed by atoms with Crippen molar-refractivity contribution in [2.75, 3.05) is 5.32 Å². The lowest BCUT2D eigenvalue weighted by Crippen LogP contribution is -2.12. The normalized spacial score (nSPS) is 10.8. The van der Waals surface area contributed by atoms with Gasteiger partial charge in [-0.3, -0.25) is 4.79 Å². The predicted molar refractivity (Wildman–Crippen MR) is 85.4 cm³/mol. The molecule has 0 bridgehead atoms. The number of carbonyl (C=O) groups is 1. The molecule has 0 saturated carbocycles. The molecule has 1 N–H and O–H groups in total. The average molecular weight is 320 g/mol. The van der Waals surface area contributed by atoms with Crippen LogP contribution < -0.4 is 5.32 Å². The summed E-state index contributed by atoms with van der Waals surface area (Å²) in [5.41, 5.74) is 1.80. The Morgan fingerprint density at radius 2 is 1.76 bits per heavy atom. The van der Waals surface area contributed by atoms with E-state index in [1.165, 1.54) is 0 Å². The average Bonchev–Trinajstić information content (AvgIpc) is 2.81. The van der Waals surface area contributed by atoms with Gasteiger partial charge in [-0.15, -0.1) is 0 Å². The van der Waals surface area contributed by atoms with Crippen molar-refractivity contribution >= 4 is 45.8 Å². The highest BCUT2D eigenvalue weighted by Crippen LogP contribution is 2.31. The summed E-state index contributed by atoms with van der Waals surface area (Å²) in [6.07, 6.45) is 0. The Balaban J connectivity index is 2.01. The van der Waals surface area contributed by atoms with Crippen LogP contribution in [0.1, 0.15) is 16.1 Å². The monoisotopic (exact) mass is 319 g/mol. The quantitative estimate of drug-likeness (QED) is 0.696. The van der Waals surface area contributed by atoms with Crippen molar-refractivity contribution in [2.45, 2.75) is 6.92 Å². The first-order valence-corrected chi connectivity index (χ1v) is 7.07. The van der Waals surface area contributed by atoms with Gasteiger partial charge >= 0.3 is 0 Å². The van der Waals surface area contributed by atoms with Gasteiger partial charge in [-0.25, -0.2) is 0 Å². The van der Waals surface area contributed by atoms with Crippen LogP contribution in [0, 0.1) is 6.92 Å². The van der Waals surface area contributed by atoms with Crippen LogP contribution >= 0.6 is 23.2 Å². The number of hydrogen-bond acceptors (Lipinski definition) is 2. The van der Waals surface area contributed by atoms with Crippen molar-refractivity contribution in [3.63, 3.8) is 0 Å². The molecule has 0 saturated heterocycles. The highest BCUT2D eigenvalue weighted by atomic mass is 35.5. The van der Waals surface area contributed by atoms with Crippen LogP contribution in [0.2, 0.25) is 10.0 Å². The van der Waals surface area contributed by atoms with Crippen LogP contribution in [0.5, 0.6) is 0 Å². The lowest BCUT2D eigenvalue weighted by molar-refractivity contribution is 0.0998. The van der Waals surface area contributed by atoms with Crippen molar-refractivity contribution < 1.29 is 9.21 Å². The maximum atomic E-state index is 12.4. The van der Waals surface area contributed by atoms with Crippen LogP contribution in [-0.2, 0) is 0 Å². The molecule has 3 rings (SSSR count). The zero-order chi connectivity index (χ0) is 15.0. The minimum atomic E-state index is -0.354. The van der Waals surface area contributed by atoms with Gasteiger partial charge in [-0.05, 0) is 25.1 Å². The molecule has 1 amide bonds. The van der Waals surface area contributed by atoms with Gasteiger partial charge in [-0.2, -0.15) is 0 Å². The van der Waals surface area contributed by atoms with Crippen molar-refractivity contribution in [3.8, 4) is 0 Å². The zero-order valence-corrected chi connectivity index (χ0v) is 12.6. The maximum Gasteiger partial charge on any atom is 0.291 e. The van der Waals surface area contributed by atoms with E-state index in [-0.39, 0.29) is 11.7 Å². The van der Waals surface area contributed by atoms with Gasteiger partial charge in [0, 0.05) is 10.9 Å². The second-order valence-corrected chi connectivity index (χ2v) is 5.42. The fraction of sp³-hybridized carbons (Fsp3) is 0.0625. The molecule has 0 unspecified atom stereocenters. The van der Waals surface area contributed by atoms with Gasteiger partial charge in [-0.1, -0.05) is 47.5 Å². The van der Waals surface area contributed by atoms with Crippen molar-refractivity contribution in [3.05, 3.63) is 63.8 Å². The van der Waals surface area contributed by atoms with Crippen molar-refractivity contribution in [1.29, 1.82) is 0 Å². The zero-order valence-electron chi connectivity index (χ0n) is 11.1. The van der Waals surface area contributed by atoms with Crippen molar-refractivity contribution in [1.82, 2.24) is 0 Å². The van der Waals surface area contributed by atoms with Crippen molar-refractivity contribution in [2.24, 2.45) is 0 Å². The molecule has 1 aromatic heterocycles. The third-order valence-corrected chi connectivity index (χ3v) is 3.87. The summed E-state index contributed by atoms with van der Waals surface area (Å²) in [5.74, 6) is -0.120. The van der Waals surface area contributed by atoms with Gasteiger partial charge in [0.15, 0.2) is 11.3 Å². The number of anilines is 1. The smallest absolute Gasteiger partial charge is 0.291 e. The van der Waals surface area contributed by atoms with Gasteiger partial charge in [0.1, 0.15) is 0 Å². The number of carbonyl (C=O) groups excluding carboxylic acids is 1. The van der Waals surface area contributed by atoms with Gasteiger partial charge in [0.2, 0.25) is 0 Å². The number of furan rings is 1. The molecular weight excluding hydrogens is 309 g/mol. The number of halogens is 2. The number of fused-ring (bicyclic) bond motifs is 1. The molecule has 5 heteroatoms.